The van der Waals surface area contributed by atoms with E-state index in [1.54, 1.807) is 25.3 Å². The number of nitrogens with zero attached hydrogens (tertiary/aromatic N) is 1. The first-order valence-electron chi connectivity index (χ1n) is 6.62. The van der Waals surface area contributed by atoms with Crippen LogP contribution in [-0.4, -0.2) is 42.7 Å². The number of benzene rings is 1. The van der Waals surface area contributed by atoms with E-state index in [9.17, 15) is 4.79 Å². The van der Waals surface area contributed by atoms with E-state index in [2.05, 4.69) is 0 Å². The average Bonchev–Trinajstić information content (AvgIpc) is 2.40. The number of morpholine rings is 1. The molecule has 4 nitrogen and oxygen atoms in total. The Hall–Kier alpha value is -1.26. The second kappa shape index (κ2) is 5.62. The molecule has 0 bridgehead atoms. The summed E-state index contributed by atoms with van der Waals surface area (Å²) in [6.07, 6.45) is 0.0423. The number of carbonyl (C=O) groups excluding carboxylic acids is 1. The molecule has 1 atom stereocenters. The van der Waals surface area contributed by atoms with Crippen molar-refractivity contribution in [3.63, 3.8) is 0 Å². The molecule has 1 aromatic carbocycles. The first-order chi connectivity index (χ1) is 9.35. The molecule has 0 spiro atoms. The van der Waals surface area contributed by atoms with Gasteiger partial charge < -0.3 is 14.4 Å². The van der Waals surface area contributed by atoms with Crippen LogP contribution >= 0.6 is 11.6 Å². The van der Waals surface area contributed by atoms with E-state index in [4.69, 9.17) is 21.1 Å². The second-order valence-corrected chi connectivity index (χ2v) is 6.11. The normalized spacial score (nSPS) is 21.6. The fourth-order valence-corrected chi connectivity index (χ4v) is 2.55. The van der Waals surface area contributed by atoms with E-state index in [-0.39, 0.29) is 17.6 Å². The van der Waals surface area contributed by atoms with Gasteiger partial charge >= 0.3 is 0 Å². The molecular formula is C15H20ClNO3. The van der Waals surface area contributed by atoms with Gasteiger partial charge in [0.1, 0.15) is 5.75 Å². The second-order valence-electron chi connectivity index (χ2n) is 5.70. The quantitative estimate of drug-likeness (QED) is 0.842. The lowest BCUT2D eigenvalue weighted by molar-refractivity contribution is -0.0755. The number of carbonyl (C=O) groups is 1. The summed E-state index contributed by atoms with van der Waals surface area (Å²) in [4.78, 5) is 14.5. The molecule has 1 amide bonds. The summed E-state index contributed by atoms with van der Waals surface area (Å²) in [5, 5.41) is 0.442. The van der Waals surface area contributed by atoms with Crippen LogP contribution in [0.5, 0.6) is 5.75 Å². The average molecular weight is 298 g/mol. The summed E-state index contributed by atoms with van der Waals surface area (Å²) in [5.41, 5.74) is 0.244. The minimum atomic E-state index is -0.323. The molecule has 0 saturated carbocycles. The van der Waals surface area contributed by atoms with Crippen molar-refractivity contribution in [2.45, 2.75) is 32.4 Å². The third kappa shape index (κ3) is 2.91. The number of hydrogen-bond acceptors (Lipinski definition) is 3. The zero-order chi connectivity index (χ0) is 14.9. The first-order valence-corrected chi connectivity index (χ1v) is 7.00. The van der Waals surface area contributed by atoms with Crippen molar-refractivity contribution in [1.29, 1.82) is 0 Å². The van der Waals surface area contributed by atoms with Crippen LogP contribution in [0.1, 0.15) is 31.1 Å². The lowest BCUT2D eigenvalue weighted by Crippen LogP contribution is -2.57. The number of amides is 1. The minimum absolute atomic E-state index is 0.0327. The molecule has 0 radical (unpaired) electrons. The van der Waals surface area contributed by atoms with Gasteiger partial charge in [-0.25, -0.2) is 0 Å². The Morgan fingerprint density at radius 1 is 1.50 bits per heavy atom. The Labute approximate surface area is 124 Å². The van der Waals surface area contributed by atoms with Gasteiger partial charge in [0, 0.05) is 12.1 Å². The molecule has 1 heterocycles. The van der Waals surface area contributed by atoms with Crippen LogP contribution in [0.2, 0.25) is 5.02 Å². The van der Waals surface area contributed by atoms with Crippen LogP contribution in [0.3, 0.4) is 0 Å². The van der Waals surface area contributed by atoms with E-state index < -0.39 is 0 Å². The maximum Gasteiger partial charge on any atom is 0.254 e. The molecule has 0 N–H and O–H groups in total. The highest BCUT2D eigenvalue weighted by Gasteiger charge is 2.37. The predicted molar refractivity (Wildman–Crippen MR) is 78.5 cm³/mol. The molecule has 1 saturated heterocycles. The highest BCUT2D eigenvalue weighted by atomic mass is 35.5. The van der Waals surface area contributed by atoms with E-state index >= 15 is 0 Å². The summed E-state index contributed by atoms with van der Waals surface area (Å²) in [6, 6.07) is 5.11. The lowest BCUT2D eigenvalue weighted by Gasteiger charge is -2.44. The predicted octanol–water partition coefficient (Wildman–Crippen LogP) is 2.99. The van der Waals surface area contributed by atoms with Crippen molar-refractivity contribution in [1.82, 2.24) is 4.90 Å². The molecule has 110 valence electrons. The summed E-state index contributed by atoms with van der Waals surface area (Å²) >= 11 is 6.09. The summed E-state index contributed by atoms with van der Waals surface area (Å²) in [6.45, 7) is 7.08. The van der Waals surface area contributed by atoms with E-state index in [0.29, 0.717) is 29.5 Å². The Morgan fingerprint density at radius 2 is 2.20 bits per heavy atom. The van der Waals surface area contributed by atoms with Crippen molar-refractivity contribution in [3.05, 3.63) is 28.8 Å². The topological polar surface area (TPSA) is 38.8 Å². The molecule has 5 heteroatoms. The van der Waals surface area contributed by atoms with Gasteiger partial charge in [-0.15, -0.1) is 0 Å². The molecule has 20 heavy (non-hydrogen) atoms. The maximum atomic E-state index is 12.7. The number of rotatable bonds is 2. The van der Waals surface area contributed by atoms with Crippen molar-refractivity contribution < 1.29 is 14.3 Å². The van der Waals surface area contributed by atoms with Gasteiger partial charge in [-0.3, -0.25) is 4.79 Å². The molecular weight excluding hydrogens is 278 g/mol. The molecule has 0 aliphatic carbocycles. The van der Waals surface area contributed by atoms with E-state index in [1.165, 1.54) is 0 Å². The van der Waals surface area contributed by atoms with Crippen LogP contribution in [0.15, 0.2) is 18.2 Å². The monoisotopic (exact) mass is 297 g/mol. The van der Waals surface area contributed by atoms with Gasteiger partial charge in [-0.1, -0.05) is 11.6 Å². The van der Waals surface area contributed by atoms with Crippen LogP contribution in [-0.2, 0) is 4.74 Å². The number of halogens is 1. The fraction of sp³-hybridized carbons (Fsp3) is 0.533. The molecule has 1 aliphatic rings. The lowest BCUT2D eigenvalue weighted by atomic mass is 9.99. The van der Waals surface area contributed by atoms with Gasteiger partial charge in [0.15, 0.2) is 0 Å². The summed E-state index contributed by atoms with van der Waals surface area (Å²) < 4.78 is 10.7. The molecule has 0 aromatic heterocycles. The van der Waals surface area contributed by atoms with E-state index in [0.717, 1.165) is 0 Å². The smallest absolute Gasteiger partial charge is 0.254 e. The van der Waals surface area contributed by atoms with Gasteiger partial charge in [-0.05, 0) is 39.0 Å². The highest BCUT2D eigenvalue weighted by Crippen LogP contribution is 2.28. The molecule has 1 aromatic rings. The van der Waals surface area contributed by atoms with E-state index in [1.807, 2.05) is 25.7 Å². The highest BCUT2D eigenvalue weighted by molar-refractivity contribution is 6.32. The van der Waals surface area contributed by atoms with Gasteiger partial charge in [-0.2, -0.15) is 0 Å². The summed E-state index contributed by atoms with van der Waals surface area (Å²) in [7, 11) is 1.55. The van der Waals surface area contributed by atoms with Crippen LogP contribution < -0.4 is 4.74 Å². The number of ether oxygens (including phenoxy) is 2. The number of hydrogen-bond donors (Lipinski definition) is 0. The third-order valence-electron chi connectivity index (χ3n) is 3.54. The Morgan fingerprint density at radius 3 is 2.80 bits per heavy atom. The fourth-order valence-electron chi connectivity index (χ4n) is 2.29. The Balaban J connectivity index is 2.27. The first kappa shape index (κ1) is 15.1. The SMILES string of the molecule is COc1ccc(C(=O)N2CC(C)OCC2(C)C)cc1Cl. The maximum absolute atomic E-state index is 12.7. The van der Waals surface area contributed by atoms with Crippen LogP contribution in [0, 0.1) is 0 Å². The Bertz CT molecular complexity index is 516. The van der Waals surface area contributed by atoms with Crippen molar-refractivity contribution >= 4 is 17.5 Å². The minimum Gasteiger partial charge on any atom is -0.495 e. The number of methoxy groups -OCH3 is 1. The zero-order valence-corrected chi connectivity index (χ0v) is 13.0. The van der Waals surface area contributed by atoms with Crippen molar-refractivity contribution in [3.8, 4) is 5.75 Å². The molecule has 1 unspecified atom stereocenters. The third-order valence-corrected chi connectivity index (χ3v) is 3.83. The van der Waals surface area contributed by atoms with Gasteiger partial charge in [0.2, 0.25) is 0 Å². The molecule has 1 aliphatic heterocycles. The molecule has 2 rings (SSSR count). The Kier molecular flexibility index (Phi) is 4.25. The largest absolute Gasteiger partial charge is 0.495 e. The van der Waals surface area contributed by atoms with Gasteiger partial charge in [0.05, 0.1) is 30.4 Å². The van der Waals surface area contributed by atoms with Gasteiger partial charge in [0.25, 0.3) is 5.91 Å². The van der Waals surface area contributed by atoms with Crippen LogP contribution in [0.25, 0.3) is 0 Å². The zero-order valence-electron chi connectivity index (χ0n) is 12.3. The molecule has 1 fully saturated rings. The summed E-state index contributed by atoms with van der Waals surface area (Å²) in [5.74, 6) is 0.535. The standard InChI is InChI=1S/C15H20ClNO3/c1-10-8-17(15(2,3)9-20-10)14(18)11-5-6-13(19-4)12(16)7-11/h5-7,10H,8-9H2,1-4H3. The van der Waals surface area contributed by atoms with Crippen molar-refractivity contribution in [2.24, 2.45) is 0 Å². The van der Waals surface area contributed by atoms with Crippen molar-refractivity contribution in [2.75, 3.05) is 20.3 Å². The van der Waals surface area contributed by atoms with Crippen LogP contribution in [0.4, 0.5) is 0 Å².